The first-order valence-corrected chi connectivity index (χ1v) is 7.82. The second kappa shape index (κ2) is 6.26. The number of hydrogen-bond donors (Lipinski definition) is 1. The van der Waals surface area contributed by atoms with E-state index in [1.54, 1.807) is 6.07 Å². The van der Waals surface area contributed by atoms with Crippen LogP contribution in [0, 0.1) is 0 Å². The Morgan fingerprint density at radius 2 is 2.12 bits per heavy atom. The molecular formula is C19H20O5. The molecule has 5 heteroatoms. The largest absolute Gasteiger partial charge is 0.483 e. The molecule has 0 aliphatic carbocycles. The maximum atomic E-state index is 11.5. The molecule has 2 atom stereocenters. The number of benzene rings is 1. The van der Waals surface area contributed by atoms with Gasteiger partial charge in [0.15, 0.2) is 0 Å². The zero-order valence-electron chi connectivity index (χ0n) is 13.7. The van der Waals surface area contributed by atoms with Crippen molar-refractivity contribution in [3.8, 4) is 5.75 Å². The first-order valence-electron chi connectivity index (χ1n) is 7.82. The van der Waals surface area contributed by atoms with E-state index in [0.29, 0.717) is 24.2 Å². The van der Waals surface area contributed by atoms with Crippen molar-refractivity contribution >= 4 is 17.0 Å². The standard InChI is InChI=1S/C19H20O5/c1-12(2)15(24-21)9-11-19(3)10-8-14-16(23-19)6-4-13-5-7-17(20)22-18(13)14/h4-8,10,15,21H,1,9,11H2,2-3H3/t15-,19-/m0/s1. The first kappa shape index (κ1) is 16.5. The zero-order valence-corrected chi connectivity index (χ0v) is 13.7. The minimum Gasteiger partial charge on any atom is -0.483 e. The summed E-state index contributed by atoms with van der Waals surface area (Å²) in [5.74, 6) is 0.665. The first-order chi connectivity index (χ1) is 11.4. The summed E-state index contributed by atoms with van der Waals surface area (Å²) < 4.78 is 11.5. The van der Waals surface area contributed by atoms with Gasteiger partial charge < -0.3 is 9.15 Å². The van der Waals surface area contributed by atoms with Crippen LogP contribution < -0.4 is 10.4 Å². The van der Waals surface area contributed by atoms with Crippen LogP contribution in [0.3, 0.4) is 0 Å². The van der Waals surface area contributed by atoms with Crippen molar-refractivity contribution in [2.24, 2.45) is 0 Å². The van der Waals surface area contributed by atoms with Gasteiger partial charge in [-0.2, -0.15) is 0 Å². The molecule has 0 saturated heterocycles. The molecule has 0 fully saturated rings. The number of rotatable bonds is 5. The molecule has 1 aliphatic rings. The van der Waals surface area contributed by atoms with Crippen molar-refractivity contribution in [3.63, 3.8) is 0 Å². The molecule has 1 aliphatic heterocycles. The molecule has 1 aromatic heterocycles. The van der Waals surface area contributed by atoms with Crippen LogP contribution in [0.25, 0.3) is 17.0 Å². The van der Waals surface area contributed by atoms with Gasteiger partial charge in [-0.05, 0) is 62.6 Å². The van der Waals surface area contributed by atoms with Gasteiger partial charge in [0, 0.05) is 11.5 Å². The second-order valence-corrected chi connectivity index (χ2v) is 6.38. The van der Waals surface area contributed by atoms with E-state index in [9.17, 15) is 4.79 Å². The maximum absolute atomic E-state index is 11.5. The summed E-state index contributed by atoms with van der Waals surface area (Å²) in [4.78, 5) is 16.0. The summed E-state index contributed by atoms with van der Waals surface area (Å²) in [5.41, 5.74) is 1.12. The monoisotopic (exact) mass is 328 g/mol. The molecule has 0 saturated carbocycles. The highest BCUT2D eigenvalue weighted by molar-refractivity contribution is 5.89. The Morgan fingerprint density at radius 3 is 2.83 bits per heavy atom. The normalized spacial score (nSPS) is 20.5. The third-order valence-electron chi connectivity index (χ3n) is 4.31. The maximum Gasteiger partial charge on any atom is 0.336 e. The molecule has 0 unspecified atom stereocenters. The van der Waals surface area contributed by atoms with Crippen LogP contribution in [0.15, 0.2) is 51.7 Å². The quantitative estimate of drug-likeness (QED) is 0.386. The molecule has 1 N–H and O–H groups in total. The molecule has 0 amide bonds. The summed E-state index contributed by atoms with van der Waals surface area (Å²) >= 11 is 0. The predicted octanol–water partition coefficient (Wildman–Crippen LogP) is 4.17. The summed E-state index contributed by atoms with van der Waals surface area (Å²) in [7, 11) is 0. The van der Waals surface area contributed by atoms with E-state index in [2.05, 4.69) is 11.5 Å². The third-order valence-corrected chi connectivity index (χ3v) is 4.31. The fraction of sp³-hybridized carbons (Fsp3) is 0.316. The Kier molecular flexibility index (Phi) is 4.30. The predicted molar refractivity (Wildman–Crippen MR) is 92.1 cm³/mol. The minimum absolute atomic E-state index is 0.387. The van der Waals surface area contributed by atoms with Crippen LogP contribution in [-0.2, 0) is 4.89 Å². The molecule has 0 radical (unpaired) electrons. The van der Waals surface area contributed by atoms with Crippen molar-refractivity contribution in [1.82, 2.24) is 0 Å². The van der Waals surface area contributed by atoms with E-state index in [1.165, 1.54) is 6.07 Å². The highest BCUT2D eigenvalue weighted by Gasteiger charge is 2.30. The zero-order chi connectivity index (χ0) is 17.3. The van der Waals surface area contributed by atoms with Gasteiger partial charge in [0.2, 0.25) is 0 Å². The van der Waals surface area contributed by atoms with Gasteiger partial charge in [-0.3, -0.25) is 5.26 Å². The van der Waals surface area contributed by atoms with E-state index < -0.39 is 11.7 Å². The van der Waals surface area contributed by atoms with Crippen molar-refractivity contribution in [2.75, 3.05) is 0 Å². The fourth-order valence-corrected chi connectivity index (χ4v) is 2.87. The van der Waals surface area contributed by atoms with E-state index >= 15 is 0 Å². The van der Waals surface area contributed by atoms with Gasteiger partial charge >= 0.3 is 5.63 Å². The van der Waals surface area contributed by atoms with Crippen molar-refractivity contribution in [1.29, 1.82) is 0 Å². The van der Waals surface area contributed by atoms with Crippen molar-refractivity contribution < 1.29 is 19.3 Å². The molecule has 1 aromatic carbocycles. The van der Waals surface area contributed by atoms with Gasteiger partial charge in [0.05, 0.1) is 5.56 Å². The highest BCUT2D eigenvalue weighted by atomic mass is 17.1. The Hall–Kier alpha value is -2.37. The average molecular weight is 328 g/mol. The van der Waals surface area contributed by atoms with Crippen molar-refractivity contribution in [3.05, 3.63) is 58.5 Å². The van der Waals surface area contributed by atoms with Gasteiger partial charge in [-0.15, -0.1) is 0 Å². The van der Waals surface area contributed by atoms with E-state index in [4.69, 9.17) is 14.4 Å². The lowest BCUT2D eigenvalue weighted by Gasteiger charge is -2.32. The Balaban J connectivity index is 1.88. The van der Waals surface area contributed by atoms with Gasteiger partial charge in [-0.1, -0.05) is 6.58 Å². The van der Waals surface area contributed by atoms with E-state index in [1.807, 2.05) is 38.1 Å². The molecule has 2 heterocycles. The summed E-state index contributed by atoms with van der Waals surface area (Å²) in [6.45, 7) is 7.58. The lowest BCUT2D eigenvalue weighted by atomic mass is 9.92. The molecule has 24 heavy (non-hydrogen) atoms. The Bertz CT molecular complexity index is 864. The lowest BCUT2D eigenvalue weighted by Crippen LogP contribution is -2.33. The highest BCUT2D eigenvalue weighted by Crippen LogP contribution is 2.37. The minimum atomic E-state index is -0.540. The van der Waals surface area contributed by atoms with Crippen LogP contribution in [0.2, 0.25) is 0 Å². The lowest BCUT2D eigenvalue weighted by molar-refractivity contribution is -0.270. The van der Waals surface area contributed by atoms with Gasteiger partial charge in [0.1, 0.15) is 23.0 Å². The molecular weight excluding hydrogens is 308 g/mol. The number of fused-ring (bicyclic) bond motifs is 3. The van der Waals surface area contributed by atoms with Crippen molar-refractivity contribution in [2.45, 2.75) is 38.4 Å². The topological polar surface area (TPSA) is 68.9 Å². The van der Waals surface area contributed by atoms with E-state index in [-0.39, 0.29) is 5.63 Å². The van der Waals surface area contributed by atoms with Crippen LogP contribution in [0.4, 0.5) is 0 Å². The van der Waals surface area contributed by atoms with Gasteiger partial charge in [0.25, 0.3) is 0 Å². The Labute approximate surface area is 139 Å². The smallest absolute Gasteiger partial charge is 0.336 e. The van der Waals surface area contributed by atoms with E-state index in [0.717, 1.165) is 16.5 Å². The molecule has 126 valence electrons. The van der Waals surface area contributed by atoms with Crippen LogP contribution >= 0.6 is 0 Å². The number of hydrogen-bond acceptors (Lipinski definition) is 5. The molecule has 0 spiro atoms. The molecule has 0 bridgehead atoms. The van der Waals surface area contributed by atoms with Crippen LogP contribution in [-0.4, -0.2) is 17.0 Å². The summed E-state index contributed by atoms with van der Waals surface area (Å²) in [6, 6.07) is 6.88. The fourth-order valence-electron chi connectivity index (χ4n) is 2.87. The van der Waals surface area contributed by atoms with Gasteiger partial charge in [-0.25, -0.2) is 9.68 Å². The van der Waals surface area contributed by atoms with Crippen LogP contribution in [0.5, 0.6) is 5.75 Å². The summed E-state index contributed by atoms with van der Waals surface area (Å²) in [5, 5.41) is 9.80. The third kappa shape index (κ3) is 3.13. The Morgan fingerprint density at radius 1 is 1.38 bits per heavy atom. The number of ether oxygens (including phenoxy) is 1. The second-order valence-electron chi connectivity index (χ2n) is 6.38. The summed E-state index contributed by atoms with van der Waals surface area (Å²) in [6.07, 6.45) is 4.64. The molecule has 5 nitrogen and oxygen atoms in total. The van der Waals surface area contributed by atoms with Crippen LogP contribution in [0.1, 0.15) is 32.3 Å². The molecule has 3 rings (SSSR count). The average Bonchev–Trinajstić information content (AvgIpc) is 2.54. The SMILES string of the molecule is C=C(C)[C@H](CC[C@]1(C)C=Cc2c(ccc3ccc(=O)oc23)O1)OO. The molecule has 2 aromatic rings.